The van der Waals surface area contributed by atoms with Crippen LogP contribution in [-0.4, -0.2) is 22.5 Å². The molecular formula is C16H25NOS. The maximum Gasteiger partial charge on any atom is 0.0579 e. The zero-order chi connectivity index (χ0) is 14.0. The third kappa shape index (κ3) is 3.26. The Labute approximate surface area is 119 Å². The highest BCUT2D eigenvalue weighted by molar-refractivity contribution is 7.85. The molecular weight excluding hydrogens is 254 g/mol. The average molecular weight is 279 g/mol. The SMILES string of the molecule is CNC1CCC(C)(C)CC1S(=O)c1ccccc1C. The number of hydrogen-bond donors (Lipinski definition) is 1. The molecule has 1 fully saturated rings. The number of aryl methyl sites for hydroxylation is 1. The standard InChI is InChI=1S/C16H25NOS/c1-12-7-5-6-8-14(12)19(18)15-11-16(2,3)10-9-13(15)17-4/h5-8,13,15,17H,9-11H2,1-4H3. The van der Waals surface area contributed by atoms with E-state index in [4.69, 9.17) is 0 Å². The van der Waals surface area contributed by atoms with Crippen LogP contribution in [0.4, 0.5) is 0 Å². The van der Waals surface area contributed by atoms with Crippen molar-refractivity contribution in [3.8, 4) is 0 Å². The molecule has 106 valence electrons. The smallest absolute Gasteiger partial charge is 0.0579 e. The summed E-state index contributed by atoms with van der Waals surface area (Å²) in [5, 5.41) is 3.59. The fourth-order valence-corrected chi connectivity index (χ4v) is 5.12. The summed E-state index contributed by atoms with van der Waals surface area (Å²) in [6, 6.07) is 8.43. The maximum atomic E-state index is 12.9. The van der Waals surface area contributed by atoms with E-state index in [2.05, 4.69) is 32.2 Å². The van der Waals surface area contributed by atoms with Gasteiger partial charge in [-0.2, -0.15) is 0 Å². The fourth-order valence-electron chi connectivity index (χ4n) is 3.02. The number of benzene rings is 1. The highest BCUT2D eigenvalue weighted by Crippen LogP contribution is 2.38. The second-order valence-electron chi connectivity index (χ2n) is 6.40. The van der Waals surface area contributed by atoms with E-state index in [-0.39, 0.29) is 5.25 Å². The Morgan fingerprint density at radius 3 is 2.63 bits per heavy atom. The topological polar surface area (TPSA) is 29.1 Å². The van der Waals surface area contributed by atoms with E-state index in [9.17, 15) is 4.21 Å². The van der Waals surface area contributed by atoms with Crippen molar-refractivity contribution >= 4 is 10.8 Å². The predicted molar refractivity (Wildman–Crippen MR) is 81.9 cm³/mol. The summed E-state index contributed by atoms with van der Waals surface area (Å²) >= 11 is 0. The minimum atomic E-state index is -0.920. The minimum absolute atomic E-state index is 0.217. The third-order valence-electron chi connectivity index (χ3n) is 4.29. The van der Waals surface area contributed by atoms with Gasteiger partial charge in [0.2, 0.25) is 0 Å². The number of rotatable bonds is 3. The molecule has 0 aromatic heterocycles. The van der Waals surface area contributed by atoms with Gasteiger partial charge in [0.15, 0.2) is 0 Å². The zero-order valence-corrected chi connectivity index (χ0v) is 13.2. The van der Waals surface area contributed by atoms with Crippen molar-refractivity contribution in [3.05, 3.63) is 29.8 Å². The molecule has 0 amide bonds. The van der Waals surface area contributed by atoms with Gasteiger partial charge in [0.1, 0.15) is 0 Å². The van der Waals surface area contributed by atoms with E-state index in [0.717, 1.165) is 23.3 Å². The molecule has 2 rings (SSSR count). The van der Waals surface area contributed by atoms with Crippen LogP contribution in [0.25, 0.3) is 0 Å². The van der Waals surface area contributed by atoms with Crippen LogP contribution in [-0.2, 0) is 10.8 Å². The molecule has 1 aromatic carbocycles. The first-order valence-corrected chi connectivity index (χ1v) is 8.29. The van der Waals surface area contributed by atoms with Crippen molar-refractivity contribution in [1.29, 1.82) is 0 Å². The van der Waals surface area contributed by atoms with E-state index >= 15 is 0 Å². The van der Waals surface area contributed by atoms with Gasteiger partial charge in [0.25, 0.3) is 0 Å². The summed E-state index contributed by atoms with van der Waals surface area (Å²) in [6.07, 6.45) is 3.35. The highest BCUT2D eigenvalue weighted by atomic mass is 32.2. The molecule has 3 heteroatoms. The van der Waals surface area contributed by atoms with Crippen LogP contribution in [0.3, 0.4) is 0 Å². The molecule has 3 unspecified atom stereocenters. The Balaban J connectivity index is 2.27. The van der Waals surface area contributed by atoms with Gasteiger partial charge >= 0.3 is 0 Å². The molecule has 3 atom stereocenters. The molecule has 0 bridgehead atoms. The summed E-state index contributed by atoms with van der Waals surface area (Å²) in [7, 11) is 1.07. The molecule has 1 aliphatic carbocycles. The molecule has 1 aliphatic rings. The van der Waals surface area contributed by atoms with Crippen LogP contribution in [0, 0.1) is 12.3 Å². The predicted octanol–water partition coefficient (Wildman–Crippen LogP) is 3.27. The van der Waals surface area contributed by atoms with Crippen molar-refractivity contribution in [2.75, 3.05) is 7.05 Å². The molecule has 1 saturated carbocycles. The van der Waals surface area contributed by atoms with Crippen molar-refractivity contribution in [2.45, 2.75) is 56.2 Å². The van der Waals surface area contributed by atoms with Gasteiger partial charge in [-0.15, -0.1) is 0 Å². The zero-order valence-electron chi connectivity index (χ0n) is 12.4. The van der Waals surface area contributed by atoms with E-state index in [1.807, 2.05) is 25.2 Å². The third-order valence-corrected chi connectivity index (χ3v) is 6.23. The van der Waals surface area contributed by atoms with Crippen molar-refractivity contribution in [1.82, 2.24) is 5.32 Å². The van der Waals surface area contributed by atoms with E-state index in [1.54, 1.807) is 0 Å². The van der Waals surface area contributed by atoms with E-state index in [0.29, 0.717) is 11.5 Å². The van der Waals surface area contributed by atoms with E-state index < -0.39 is 10.8 Å². The summed E-state index contributed by atoms with van der Waals surface area (Å²) < 4.78 is 12.9. The lowest BCUT2D eigenvalue weighted by Crippen LogP contribution is -2.47. The van der Waals surface area contributed by atoms with Gasteiger partial charge in [0, 0.05) is 10.9 Å². The molecule has 0 radical (unpaired) electrons. The second-order valence-corrected chi connectivity index (χ2v) is 8.04. The van der Waals surface area contributed by atoms with Crippen LogP contribution < -0.4 is 5.32 Å². The lowest BCUT2D eigenvalue weighted by Gasteiger charge is -2.40. The average Bonchev–Trinajstić information content (AvgIpc) is 2.37. The van der Waals surface area contributed by atoms with Gasteiger partial charge in [-0.1, -0.05) is 32.0 Å². The first-order chi connectivity index (χ1) is 8.94. The lowest BCUT2D eigenvalue weighted by atomic mass is 9.75. The van der Waals surface area contributed by atoms with Crippen LogP contribution in [0.15, 0.2) is 29.2 Å². The molecule has 0 saturated heterocycles. The molecule has 0 aliphatic heterocycles. The molecule has 1 aromatic rings. The van der Waals surface area contributed by atoms with Crippen molar-refractivity contribution in [2.24, 2.45) is 5.41 Å². The van der Waals surface area contributed by atoms with Crippen LogP contribution in [0.2, 0.25) is 0 Å². The van der Waals surface area contributed by atoms with Crippen LogP contribution in [0.1, 0.15) is 38.7 Å². The first kappa shape index (κ1) is 14.7. The first-order valence-electron chi connectivity index (χ1n) is 7.08. The summed E-state index contributed by atoms with van der Waals surface area (Å²) in [5.41, 5.74) is 1.44. The van der Waals surface area contributed by atoms with Gasteiger partial charge in [0.05, 0.1) is 16.0 Å². The molecule has 19 heavy (non-hydrogen) atoms. The molecule has 1 N–H and O–H groups in total. The fraction of sp³-hybridized carbons (Fsp3) is 0.625. The summed E-state index contributed by atoms with van der Waals surface area (Å²) in [4.78, 5) is 1.01. The Bertz CT molecular complexity index is 470. The number of hydrogen-bond acceptors (Lipinski definition) is 2. The lowest BCUT2D eigenvalue weighted by molar-refractivity contribution is 0.216. The van der Waals surface area contributed by atoms with E-state index in [1.165, 1.54) is 6.42 Å². The Morgan fingerprint density at radius 1 is 1.32 bits per heavy atom. The Morgan fingerprint density at radius 2 is 2.00 bits per heavy atom. The van der Waals surface area contributed by atoms with Gasteiger partial charge < -0.3 is 5.32 Å². The van der Waals surface area contributed by atoms with Crippen LogP contribution in [0.5, 0.6) is 0 Å². The van der Waals surface area contributed by atoms with Crippen molar-refractivity contribution < 1.29 is 4.21 Å². The molecule has 0 spiro atoms. The molecule has 0 heterocycles. The molecule has 2 nitrogen and oxygen atoms in total. The second kappa shape index (κ2) is 5.76. The number of nitrogens with one attached hydrogen (secondary N) is 1. The monoisotopic (exact) mass is 279 g/mol. The Kier molecular flexibility index (Phi) is 4.46. The summed E-state index contributed by atoms with van der Waals surface area (Å²) in [5.74, 6) is 0. The van der Waals surface area contributed by atoms with Gasteiger partial charge in [-0.25, -0.2) is 0 Å². The normalized spacial score (nSPS) is 28.0. The Hall–Kier alpha value is -0.670. The summed E-state index contributed by atoms with van der Waals surface area (Å²) in [6.45, 7) is 6.64. The van der Waals surface area contributed by atoms with Crippen molar-refractivity contribution in [3.63, 3.8) is 0 Å². The van der Waals surface area contributed by atoms with Gasteiger partial charge in [-0.3, -0.25) is 4.21 Å². The minimum Gasteiger partial charge on any atom is -0.316 e. The largest absolute Gasteiger partial charge is 0.316 e. The van der Waals surface area contributed by atoms with Crippen LogP contribution >= 0.6 is 0 Å². The highest BCUT2D eigenvalue weighted by Gasteiger charge is 2.38. The quantitative estimate of drug-likeness (QED) is 0.920. The van der Waals surface area contributed by atoms with Gasteiger partial charge in [-0.05, 0) is 50.3 Å². The maximum absolute atomic E-state index is 12.9.